The molecule has 2 aromatic heterocycles. The molecule has 0 saturated heterocycles. The minimum atomic E-state index is -0.267. The van der Waals surface area contributed by atoms with Crippen molar-refractivity contribution >= 4 is 23.4 Å². The number of hydrogen-bond acceptors (Lipinski definition) is 5. The first-order valence-corrected chi connectivity index (χ1v) is 8.19. The van der Waals surface area contributed by atoms with Gasteiger partial charge < -0.3 is 5.32 Å². The third-order valence-corrected chi connectivity index (χ3v) is 4.05. The number of rotatable bonds is 6. The smallest absolute Gasteiger partial charge is 0.250 e. The van der Waals surface area contributed by atoms with Gasteiger partial charge >= 0.3 is 0 Å². The molecule has 6 nitrogen and oxygen atoms in total. The fraction of sp³-hybridized carbons (Fsp3) is 0.125. The normalized spacial score (nSPS) is 10.5. The van der Waals surface area contributed by atoms with E-state index in [4.69, 9.17) is 0 Å². The molecule has 0 aliphatic carbocycles. The third-order valence-electron chi connectivity index (χ3n) is 3.03. The fourth-order valence-corrected chi connectivity index (χ4v) is 2.77. The molecule has 2 heterocycles. The minimum absolute atomic E-state index is 0.113. The summed E-state index contributed by atoms with van der Waals surface area (Å²) in [4.78, 5) is 21.0. The summed E-state index contributed by atoms with van der Waals surface area (Å²) in [5.41, 5.74) is 0.583. The molecule has 0 fully saturated rings. The van der Waals surface area contributed by atoms with E-state index in [1.54, 1.807) is 43.0 Å². The van der Waals surface area contributed by atoms with Gasteiger partial charge in [-0.3, -0.25) is 4.79 Å². The Hall–Kier alpha value is -2.74. The van der Waals surface area contributed by atoms with Gasteiger partial charge in [-0.05, 0) is 30.3 Å². The number of hydrogen-bond donors (Lipinski definition) is 1. The molecule has 0 unspecified atom stereocenters. The van der Waals surface area contributed by atoms with Crippen LogP contribution < -0.4 is 5.32 Å². The average molecular weight is 343 g/mol. The average Bonchev–Trinajstić information content (AvgIpc) is 3.06. The molecular weight excluding hydrogens is 329 g/mol. The predicted molar refractivity (Wildman–Crippen MR) is 89.5 cm³/mol. The Balaban J connectivity index is 1.48. The molecule has 1 N–H and O–H groups in total. The van der Waals surface area contributed by atoms with Gasteiger partial charge in [-0.15, -0.1) is 11.8 Å². The topological polar surface area (TPSA) is 72.7 Å². The summed E-state index contributed by atoms with van der Waals surface area (Å²) < 4.78 is 14.3. The molecule has 3 aromatic rings. The van der Waals surface area contributed by atoms with Crippen molar-refractivity contribution in [3.05, 3.63) is 60.9 Å². The number of benzene rings is 1. The first-order valence-electron chi connectivity index (χ1n) is 7.21. The summed E-state index contributed by atoms with van der Waals surface area (Å²) in [5, 5.41) is 6.89. The van der Waals surface area contributed by atoms with Crippen LogP contribution in [0.4, 0.5) is 10.1 Å². The molecule has 0 saturated carbocycles. The number of amides is 1. The van der Waals surface area contributed by atoms with Crippen LogP contribution in [-0.2, 0) is 4.79 Å². The molecule has 0 radical (unpaired) electrons. The second kappa shape index (κ2) is 7.69. The van der Waals surface area contributed by atoms with Gasteiger partial charge in [-0.2, -0.15) is 5.10 Å². The van der Waals surface area contributed by atoms with Gasteiger partial charge in [-0.1, -0.05) is 0 Å². The zero-order chi connectivity index (χ0) is 16.8. The molecule has 24 heavy (non-hydrogen) atoms. The first-order chi connectivity index (χ1) is 11.7. The molecule has 0 aliphatic rings. The van der Waals surface area contributed by atoms with Gasteiger partial charge in [0.2, 0.25) is 11.9 Å². The maximum Gasteiger partial charge on any atom is 0.250 e. The summed E-state index contributed by atoms with van der Waals surface area (Å²) in [6.07, 6.45) is 6.78. The maximum atomic E-state index is 12.8. The highest BCUT2D eigenvalue weighted by atomic mass is 32.2. The Labute approximate surface area is 142 Å². The van der Waals surface area contributed by atoms with E-state index in [1.807, 2.05) is 0 Å². The number of nitrogens with one attached hydrogen (secondary N) is 1. The number of thioether (sulfide) groups is 1. The number of carbonyl (C=O) groups excluding carboxylic acids is 1. The predicted octanol–water partition coefficient (Wildman–Crippen LogP) is 2.92. The van der Waals surface area contributed by atoms with Crippen LogP contribution in [0.15, 0.2) is 60.0 Å². The monoisotopic (exact) mass is 343 g/mol. The van der Waals surface area contributed by atoms with Crippen molar-refractivity contribution in [2.45, 2.75) is 11.3 Å². The van der Waals surface area contributed by atoms with Gasteiger partial charge in [0, 0.05) is 29.5 Å². The van der Waals surface area contributed by atoms with E-state index in [1.165, 1.54) is 28.6 Å². The van der Waals surface area contributed by atoms with Crippen molar-refractivity contribution in [2.24, 2.45) is 0 Å². The van der Waals surface area contributed by atoms with Crippen LogP contribution in [0.3, 0.4) is 0 Å². The molecule has 0 bridgehead atoms. The lowest BCUT2D eigenvalue weighted by atomic mass is 10.4. The Morgan fingerprint density at radius 3 is 2.71 bits per heavy atom. The number of aromatic nitrogens is 4. The Morgan fingerprint density at radius 2 is 1.96 bits per heavy atom. The van der Waals surface area contributed by atoms with Crippen LogP contribution in [0.1, 0.15) is 6.42 Å². The molecule has 8 heteroatoms. The van der Waals surface area contributed by atoms with Crippen molar-refractivity contribution in [1.29, 1.82) is 0 Å². The Kier molecular flexibility index (Phi) is 5.17. The second-order valence-corrected chi connectivity index (χ2v) is 5.99. The highest BCUT2D eigenvalue weighted by Crippen LogP contribution is 2.19. The molecular formula is C16H14FN5OS. The van der Waals surface area contributed by atoms with E-state index >= 15 is 0 Å². The van der Waals surface area contributed by atoms with E-state index in [-0.39, 0.29) is 11.7 Å². The Morgan fingerprint density at radius 1 is 1.21 bits per heavy atom. The SMILES string of the molecule is O=C(CCSc1ccc(F)cc1)Nc1cnn(-c2ncccn2)c1. The van der Waals surface area contributed by atoms with Crippen molar-refractivity contribution in [1.82, 2.24) is 19.7 Å². The van der Waals surface area contributed by atoms with Crippen LogP contribution in [-0.4, -0.2) is 31.4 Å². The van der Waals surface area contributed by atoms with Crippen LogP contribution >= 0.6 is 11.8 Å². The highest BCUT2D eigenvalue weighted by Gasteiger charge is 2.07. The van der Waals surface area contributed by atoms with Crippen molar-refractivity contribution < 1.29 is 9.18 Å². The van der Waals surface area contributed by atoms with Crippen LogP contribution in [0.2, 0.25) is 0 Å². The number of anilines is 1. The quantitative estimate of drug-likeness (QED) is 0.697. The van der Waals surface area contributed by atoms with E-state index in [0.29, 0.717) is 23.8 Å². The number of halogens is 1. The van der Waals surface area contributed by atoms with Gasteiger partial charge in [0.25, 0.3) is 0 Å². The molecule has 122 valence electrons. The fourth-order valence-electron chi connectivity index (χ4n) is 1.92. The molecule has 1 amide bonds. The summed E-state index contributed by atoms with van der Waals surface area (Å²) in [6, 6.07) is 7.92. The molecule has 3 rings (SSSR count). The van der Waals surface area contributed by atoms with E-state index < -0.39 is 0 Å². The lowest BCUT2D eigenvalue weighted by Gasteiger charge is -2.03. The molecule has 0 aliphatic heterocycles. The lowest BCUT2D eigenvalue weighted by Crippen LogP contribution is -2.11. The number of carbonyl (C=O) groups is 1. The Bertz CT molecular complexity index is 807. The van der Waals surface area contributed by atoms with Crippen molar-refractivity contribution in [3.63, 3.8) is 0 Å². The van der Waals surface area contributed by atoms with Crippen LogP contribution in [0.5, 0.6) is 0 Å². The van der Waals surface area contributed by atoms with Crippen LogP contribution in [0, 0.1) is 5.82 Å². The van der Waals surface area contributed by atoms with E-state index in [2.05, 4.69) is 20.4 Å². The largest absolute Gasteiger partial charge is 0.323 e. The van der Waals surface area contributed by atoms with Crippen molar-refractivity contribution in [3.8, 4) is 5.95 Å². The van der Waals surface area contributed by atoms with Gasteiger partial charge in [0.15, 0.2) is 0 Å². The zero-order valence-electron chi connectivity index (χ0n) is 12.6. The summed E-state index contributed by atoms with van der Waals surface area (Å²) in [6.45, 7) is 0. The van der Waals surface area contributed by atoms with E-state index in [0.717, 1.165) is 4.90 Å². The number of nitrogens with zero attached hydrogens (tertiary/aromatic N) is 4. The highest BCUT2D eigenvalue weighted by molar-refractivity contribution is 7.99. The van der Waals surface area contributed by atoms with E-state index in [9.17, 15) is 9.18 Å². The lowest BCUT2D eigenvalue weighted by molar-refractivity contribution is -0.115. The van der Waals surface area contributed by atoms with Gasteiger partial charge in [0.05, 0.1) is 18.1 Å². The van der Waals surface area contributed by atoms with Crippen LogP contribution in [0.25, 0.3) is 5.95 Å². The first kappa shape index (κ1) is 16.1. The second-order valence-electron chi connectivity index (χ2n) is 4.82. The summed E-state index contributed by atoms with van der Waals surface area (Å²) in [7, 11) is 0. The van der Waals surface area contributed by atoms with Crippen molar-refractivity contribution in [2.75, 3.05) is 11.1 Å². The molecule has 0 atom stereocenters. The maximum absolute atomic E-state index is 12.8. The minimum Gasteiger partial charge on any atom is -0.323 e. The summed E-state index contributed by atoms with van der Waals surface area (Å²) in [5.74, 6) is 0.660. The van der Waals surface area contributed by atoms with Gasteiger partial charge in [-0.25, -0.2) is 19.0 Å². The molecule has 1 aromatic carbocycles. The standard InChI is InChI=1S/C16H14FN5OS/c17-12-2-4-14(5-3-12)24-9-6-15(23)21-13-10-20-22(11-13)16-18-7-1-8-19-16/h1-5,7-8,10-11H,6,9H2,(H,21,23). The summed E-state index contributed by atoms with van der Waals surface area (Å²) >= 11 is 1.50. The zero-order valence-corrected chi connectivity index (χ0v) is 13.4. The molecule has 0 spiro atoms. The van der Waals surface area contributed by atoms with Gasteiger partial charge in [0.1, 0.15) is 5.82 Å². The third kappa shape index (κ3) is 4.39.